The van der Waals surface area contributed by atoms with E-state index in [0.717, 1.165) is 17.5 Å². The lowest BCUT2D eigenvalue weighted by atomic mass is 9.88. The molecule has 1 aliphatic rings. The quantitative estimate of drug-likeness (QED) is 0.374. The van der Waals surface area contributed by atoms with Gasteiger partial charge in [0.15, 0.2) is 5.54 Å². The largest absolute Gasteiger partial charge is 0.361 e. The van der Waals surface area contributed by atoms with Gasteiger partial charge in [0.05, 0.1) is 12.1 Å². The van der Waals surface area contributed by atoms with Crippen molar-refractivity contribution in [2.45, 2.75) is 25.2 Å². The highest BCUT2D eigenvalue weighted by molar-refractivity contribution is 5.76. The Hall–Kier alpha value is -1.78. The fourth-order valence-corrected chi connectivity index (χ4v) is 3.26. The topological polar surface area (TPSA) is 56.3 Å². The van der Waals surface area contributed by atoms with Crippen molar-refractivity contribution in [3.05, 3.63) is 42.5 Å². The van der Waals surface area contributed by atoms with Crippen molar-refractivity contribution in [1.82, 2.24) is 0 Å². The molecule has 1 saturated carbocycles. The van der Waals surface area contributed by atoms with Crippen molar-refractivity contribution in [2.24, 2.45) is 5.41 Å². The number of benzene rings is 1. The van der Waals surface area contributed by atoms with Crippen molar-refractivity contribution in [3.63, 3.8) is 0 Å². The first-order valence-electron chi connectivity index (χ1n) is 6.44. The number of nitrogens with zero attached hydrogens (tertiary/aromatic N) is 1. The Kier molecular flexibility index (Phi) is 3.19. The second-order valence-electron chi connectivity index (χ2n) is 5.49. The lowest BCUT2D eigenvalue weighted by Gasteiger charge is -2.17. The van der Waals surface area contributed by atoms with Crippen LogP contribution in [0.2, 0.25) is 0 Å². The molecule has 1 aromatic rings. The molecule has 0 heterocycles. The van der Waals surface area contributed by atoms with Crippen molar-refractivity contribution in [1.29, 1.82) is 5.41 Å². The van der Waals surface area contributed by atoms with Crippen LogP contribution in [0.4, 0.5) is 0 Å². The third-order valence-corrected chi connectivity index (χ3v) is 5.00. The first-order valence-corrected chi connectivity index (χ1v) is 6.44. The van der Waals surface area contributed by atoms with Crippen molar-refractivity contribution < 1.29 is 14.4 Å². The van der Waals surface area contributed by atoms with Gasteiger partial charge in [0.25, 0.3) is 6.34 Å². The highest BCUT2D eigenvalue weighted by Gasteiger charge is 2.89. The summed E-state index contributed by atoms with van der Waals surface area (Å²) in [6.07, 6.45) is 1.09. The van der Waals surface area contributed by atoms with Gasteiger partial charge >= 0.3 is 0 Å². The van der Waals surface area contributed by atoms with Gasteiger partial charge in [-0.2, -0.15) is 0 Å². The summed E-state index contributed by atoms with van der Waals surface area (Å²) in [6, 6.07) is 9.67. The summed E-state index contributed by atoms with van der Waals surface area (Å²) in [5, 5.41) is 18.3. The van der Waals surface area contributed by atoms with Gasteiger partial charge in [-0.05, 0) is 25.0 Å². The van der Waals surface area contributed by atoms with Gasteiger partial charge in [-0.15, -0.1) is 5.41 Å². The third kappa shape index (κ3) is 1.38. The van der Waals surface area contributed by atoms with E-state index in [0.29, 0.717) is 0 Å². The molecule has 0 amide bonds. The molecule has 0 spiro atoms. The molecular weight excluding hydrogens is 252 g/mol. The number of methoxy groups -OCH3 is 1. The van der Waals surface area contributed by atoms with E-state index in [9.17, 15) is 5.11 Å². The highest BCUT2D eigenvalue weighted by atomic mass is 16.6. The summed E-state index contributed by atoms with van der Waals surface area (Å²) < 4.78 is 6.78. The average molecular weight is 273 g/mol. The first kappa shape index (κ1) is 14.6. The summed E-state index contributed by atoms with van der Waals surface area (Å²) in [7, 11) is 1.46. The molecule has 0 bridgehead atoms. The second kappa shape index (κ2) is 4.36. The molecule has 0 saturated heterocycles. The number of aliphatic hydroxyl groups is 1. The standard InChI is InChI=1S/C16H21N2O2/c1-12(13-9-7-6-8-10-13)14(2)15(3,18(4)11-17)16(14,19)20-5/h6-11,17,19H,1,4H2,2-3,5H3/q+1. The normalized spacial score (nSPS) is 35.4. The zero-order valence-corrected chi connectivity index (χ0v) is 12.2. The van der Waals surface area contributed by atoms with E-state index in [2.05, 4.69) is 13.3 Å². The summed E-state index contributed by atoms with van der Waals surface area (Å²) in [5.41, 5.74) is 0.103. The lowest BCUT2D eigenvalue weighted by Crippen LogP contribution is -2.34. The van der Waals surface area contributed by atoms with Crippen molar-refractivity contribution in [2.75, 3.05) is 7.11 Å². The van der Waals surface area contributed by atoms with Crippen molar-refractivity contribution in [3.8, 4) is 0 Å². The van der Waals surface area contributed by atoms with Gasteiger partial charge in [0, 0.05) is 7.11 Å². The van der Waals surface area contributed by atoms with Crippen LogP contribution in [0.3, 0.4) is 0 Å². The van der Waals surface area contributed by atoms with Gasteiger partial charge in [0.2, 0.25) is 5.79 Å². The van der Waals surface area contributed by atoms with E-state index in [1.54, 1.807) is 0 Å². The maximum Gasteiger partial charge on any atom is 0.277 e. The van der Waals surface area contributed by atoms with Crippen LogP contribution in [0.15, 0.2) is 36.9 Å². The minimum atomic E-state index is -1.44. The lowest BCUT2D eigenvalue weighted by molar-refractivity contribution is -0.479. The Morgan fingerprint density at radius 3 is 2.35 bits per heavy atom. The molecule has 20 heavy (non-hydrogen) atoms. The van der Waals surface area contributed by atoms with Crippen LogP contribution in [-0.4, -0.2) is 41.2 Å². The molecule has 3 unspecified atom stereocenters. The first-order chi connectivity index (χ1) is 9.31. The van der Waals surface area contributed by atoms with Crippen LogP contribution in [0, 0.1) is 10.8 Å². The number of hydrogen-bond donors (Lipinski definition) is 2. The fourth-order valence-electron chi connectivity index (χ4n) is 3.26. The van der Waals surface area contributed by atoms with Gasteiger partial charge < -0.3 is 9.84 Å². The van der Waals surface area contributed by atoms with Crippen LogP contribution in [0.1, 0.15) is 19.4 Å². The molecule has 106 valence electrons. The molecule has 1 fully saturated rings. The molecule has 1 aromatic carbocycles. The third-order valence-electron chi connectivity index (χ3n) is 5.00. The van der Waals surface area contributed by atoms with Crippen molar-refractivity contribution >= 4 is 18.6 Å². The van der Waals surface area contributed by atoms with E-state index in [-0.39, 0.29) is 0 Å². The minimum Gasteiger partial charge on any atom is -0.361 e. The molecule has 1 aliphatic carbocycles. The van der Waals surface area contributed by atoms with Gasteiger partial charge in [0.1, 0.15) is 0 Å². The second-order valence-corrected chi connectivity index (χ2v) is 5.49. The Balaban J connectivity index is 2.52. The predicted molar refractivity (Wildman–Crippen MR) is 80.1 cm³/mol. The van der Waals surface area contributed by atoms with Crippen LogP contribution in [-0.2, 0) is 4.74 Å². The summed E-state index contributed by atoms with van der Waals surface area (Å²) in [6.45, 7) is 11.7. The van der Waals surface area contributed by atoms with E-state index >= 15 is 0 Å². The highest BCUT2D eigenvalue weighted by Crippen LogP contribution is 2.71. The average Bonchev–Trinajstić information content (AvgIpc) is 2.90. The Morgan fingerprint density at radius 2 is 1.90 bits per heavy atom. The van der Waals surface area contributed by atoms with Crippen LogP contribution in [0.25, 0.3) is 5.57 Å². The summed E-state index contributed by atoms with van der Waals surface area (Å²) in [4.78, 5) is 0. The monoisotopic (exact) mass is 273 g/mol. The molecule has 0 aliphatic heterocycles. The molecule has 4 heteroatoms. The maximum atomic E-state index is 10.8. The zero-order chi connectivity index (χ0) is 15.2. The van der Waals surface area contributed by atoms with E-state index < -0.39 is 16.7 Å². The number of hydrogen-bond acceptors (Lipinski definition) is 3. The Morgan fingerprint density at radius 1 is 1.35 bits per heavy atom. The van der Waals surface area contributed by atoms with Gasteiger partial charge in [-0.3, -0.25) is 0 Å². The van der Waals surface area contributed by atoms with Gasteiger partial charge in [-0.1, -0.05) is 36.9 Å². The zero-order valence-electron chi connectivity index (χ0n) is 12.2. The smallest absolute Gasteiger partial charge is 0.277 e. The predicted octanol–water partition coefficient (Wildman–Crippen LogP) is 2.13. The van der Waals surface area contributed by atoms with E-state index in [4.69, 9.17) is 10.1 Å². The molecule has 0 aromatic heterocycles. The van der Waals surface area contributed by atoms with E-state index in [1.165, 1.54) is 11.7 Å². The van der Waals surface area contributed by atoms with Crippen LogP contribution < -0.4 is 0 Å². The summed E-state index contributed by atoms with van der Waals surface area (Å²) in [5.74, 6) is -1.44. The van der Waals surface area contributed by atoms with Gasteiger partial charge in [-0.25, -0.2) is 4.58 Å². The maximum absolute atomic E-state index is 10.8. The Labute approximate surface area is 119 Å². The minimum absolute atomic E-state index is 0.755. The molecule has 3 atom stereocenters. The fraction of sp³-hybridized carbons (Fsp3) is 0.375. The molecule has 2 N–H and O–H groups in total. The number of nitrogens with one attached hydrogen (secondary N) is 1. The molecular formula is C16H21N2O2+. The van der Waals surface area contributed by atoms with Crippen LogP contribution in [0.5, 0.6) is 0 Å². The SMILES string of the molecule is C=C(c1ccccc1)C1(C)C(O)(OC)C1(C)[N+](=C)C=N. The van der Waals surface area contributed by atoms with Crippen LogP contribution >= 0.6 is 0 Å². The van der Waals surface area contributed by atoms with E-state index in [1.807, 2.05) is 44.2 Å². The molecule has 4 nitrogen and oxygen atoms in total. The summed E-state index contributed by atoms with van der Waals surface area (Å²) >= 11 is 0. The Bertz CT molecular complexity index is 583. The molecule has 2 rings (SSSR count). The number of ether oxygens (including phenoxy) is 1. The molecule has 0 radical (unpaired) electrons. The number of rotatable bonds is 5.